The summed E-state index contributed by atoms with van der Waals surface area (Å²) in [7, 11) is -5.01. The van der Waals surface area contributed by atoms with E-state index in [0.29, 0.717) is 12.7 Å². The number of nitro groups is 2. The maximum absolute atomic E-state index is 13.0. The monoisotopic (exact) mass is 481 g/mol. The van der Waals surface area contributed by atoms with Gasteiger partial charge in [0.15, 0.2) is 13.2 Å². The van der Waals surface area contributed by atoms with Gasteiger partial charge in [0, 0.05) is 13.1 Å². The fourth-order valence-corrected chi connectivity index (χ4v) is 4.84. The molecule has 2 aromatic carbocycles. The molecule has 0 N–H and O–H groups in total. The Balaban J connectivity index is 2.30. The molecule has 0 radical (unpaired) electrons. The largest absolute Gasteiger partial charge is 0.413 e. The smallest absolute Gasteiger partial charge is 0.296 e. The number of nitrogens with zero attached hydrogens (tertiary/aromatic N) is 3. The van der Waals surface area contributed by atoms with Crippen molar-refractivity contribution in [1.29, 1.82) is 0 Å². The number of hydrogen-bond donors (Lipinski definition) is 0. The summed E-state index contributed by atoms with van der Waals surface area (Å²) in [5.41, 5.74) is -0.269. The molecule has 2 rings (SSSR count). The van der Waals surface area contributed by atoms with Crippen molar-refractivity contribution >= 4 is 35.4 Å². The molecular weight excluding hydrogens is 454 g/mol. The van der Waals surface area contributed by atoms with Gasteiger partial charge in [-0.2, -0.15) is 0 Å². The van der Waals surface area contributed by atoms with Gasteiger partial charge in [0.1, 0.15) is 0 Å². The van der Waals surface area contributed by atoms with Gasteiger partial charge < -0.3 is 4.43 Å². The lowest BCUT2D eigenvalue weighted by atomic mass is 10.2. The quantitative estimate of drug-likeness (QED) is 0.299. The first-order valence-corrected chi connectivity index (χ1v) is 14.1. The Morgan fingerprint density at radius 3 is 2.03 bits per heavy atom. The van der Waals surface area contributed by atoms with E-state index in [-0.39, 0.29) is 10.7 Å². The second kappa shape index (κ2) is 8.96. The van der Waals surface area contributed by atoms with Crippen molar-refractivity contribution in [2.45, 2.75) is 50.4 Å². The highest BCUT2D eigenvalue weighted by molar-refractivity contribution is 7.93. The summed E-state index contributed by atoms with van der Waals surface area (Å²) in [6.45, 7) is 11.1. The topological polar surface area (TPSA) is 133 Å². The van der Waals surface area contributed by atoms with Crippen molar-refractivity contribution in [2.24, 2.45) is 0 Å². The minimum absolute atomic E-state index is 0.0563. The molecular formula is C20H27N3O7SSi. The maximum atomic E-state index is 13.0. The number of anilines is 1. The molecule has 0 aliphatic rings. The van der Waals surface area contributed by atoms with Gasteiger partial charge in [-0.1, -0.05) is 32.9 Å². The molecule has 0 atom stereocenters. The molecule has 2 aromatic rings. The number of sulfonamides is 1. The minimum Gasteiger partial charge on any atom is -0.413 e. The lowest BCUT2D eigenvalue weighted by Gasteiger charge is -2.36. The number of non-ortho nitro benzene ring substituents is 1. The molecule has 0 aromatic heterocycles. The fourth-order valence-electron chi connectivity index (χ4n) is 2.55. The van der Waals surface area contributed by atoms with Gasteiger partial charge >= 0.3 is 0 Å². The van der Waals surface area contributed by atoms with Crippen LogP contribution in [0.5, 0.6) is 0 Å². The molecule has 0 bridgehead atoms. The molecule has 0 unspecified atom stereocenters. The third-order valence-corrected chi connectivity index (χ3v) is 12.0. The van der Waals surface area contributed by atoms with Gasteiger partial charge in [0.25, 0.3) is 21.4 Å². The van der Waals surface area contributed by atoms with E-state index in [4.69, 9.17) is 4.43 Å². The number of benzene rings is 2. The Bertz CT molecular complexity index is 1130. The van der Waals surface area contributed by atoms with Crippen LogP contribution in [0.25, 0.3) is 0 Å². The van der Waals surface area contributed by atoms with E-state index >= 15 is 0 Å². The van der Waals surface area contributed by atoms with Crippen LogP contribution in [-0.4, -0.2) is 33.6 Å². The van der Waals surface area contributed by atoms with E-state index in [1.807, 2.05) is 0 Å². The van der Waals surface area contributed by atoms with Gasteiger partial charge in [0.2, 0.25) is 0 Å². The van der Waals surface area contributed by atoms with E-state index < -0.39 is 44.5 Å². The van der Waals surface area contributed by atoms with Crippen LogP contribution in [0.4, 0.5) is 17.1 Å². The van der Waals surface area contributed by atoms with Crippen LogP contribution in [0.1, 0.15) is 26.3 Å². The molecule has 0 saturated carbocycles. The summed E-state index contributed by atoms with van der Waals surface area (Å²) in [6, 6.07) is 9.08. The van der Waals surface area contributed by atoms with Gasteiger partial charge in [-0.05, 0) is 41.9 Å². The molecule has 0 heterocycles. The Kier molecular flexibility index (Phi) is 7.12. The highest BCUT2D eigenvalue weighted by Gasteiger charge is 2.37. The van der Waals surface area contributed by atoms with Crippen LogP contribution in [0.15, 0.2) is 47.4 Å². The Morgan fingerprint density at radius 1 is 1.00 bits per heavy atom. The third kappa shape index (κ3) is 5.31. The predicted octanol–water partition coefficient (Wildman–Crippen LogP) is 4.85. The van der Waals surface area contributed by atoms with Crippen molar-refractivity contribution in [3.63, 3.8) is 0 Å². The molecule has 12 heteroatoms. The van der Waals surface area contributed by atoms with Crippen LogP contribution >= 0.6 is 0 Å². The van der Waals surface area contributed by atoms with E-state index in [0.717, 1.165) is 22.0 Å². The Hall–Kier alpha value is -2.83. The third-order valence-electron chi connectivity index (χ3n) is 5.69. The first-order valence-electron chi connectivity index (χ1n) is 9.72. The van der Waals surface area contributed by atoms with E-state index in [1.165, 1.54) is 7.05 Å². The summed E-state index contributed by atoms with van der Waals surface area (Å²) in [5, 5.41) is 22.3. The highest BCUT2D eigenvalue weighted by atomic mass is 32.2. The first kappa shape index (κ1) is 25.4. The van der Waals surface area contributed by atoms with Gasteiger partial charge in [0.05, 0.1) is 28.2 Å². The van der Waals surface area contributed by atoms with Crippen LogP contribution in [0.2, 0.25) is 18.1 Å². The fraction of sp³-hybridized carbons (Fsp3) is 0.400. The average molecular weight is 482 g/mol. The lowest BCUT2D eigenvalue weighted by Crippen LogP contribution is -2.40. The van der Waals surface area contributed by atoms with E-state index in [2.05, 4.69) is 33.9 Å². The van der Waals surface area contributed by atoms with Crippen LogP contribution in [-0.2, 0) is 21.1 Å². The first-order chi connectivity index (χ1) is 14.6. The molecule has 0 amide bonds. The summed E-state index contributed by atoms with van der Waals surface area (Å²) >= 11 is 0. The van der Waals surface area contributed by atoms with Gasteiger partial charge in [-0.25, -0.2) is 8.42 Å². The lowest BCUT2D eigenvalue weighted by molar-refractivity contribution is -0.396. The standard InChI is InChI=1S/C20H27N3O7SSi/c1-20(2,3)32(5,6)30-14-15-7-9-16(10-8-15)21(4)31(28,29)19-12-11-17(22(24)25)13-18(19)23(26)27/h7-13H,14H2,1-6H3. The van der Waals surface area contributed by atoms with Gasteiger partial charge in [-0.15, -0.1) is 0 Å². The maximum Gasteiger partial charge on any atom is 0.296 e. The van der Waals surface area contributed by atoms with Crippen LogP contribution in [0.3, 0.4) is 0 Å². The van der Waals surface area contributed by atoms with E-state index in [9.17, 15) is 28.6 Å². The second-order valence-electron chi connectivity index (χ2n) is 8.85. The molecule has 0 aliphatic heterocycles. The summed E-state index contributed by atoms with van der Waals surface area (Å²) in [5.74, 6) is 0. The molecule has 0 spiro atoms. The summed E-state index contributed by atoms with van der Waals surface area (Å²) < 4.78 is 33.1. The predicted molar refractivity (Wildman–Crippen MR) is 124 cm³/mol. The van der Waals surface area contributed by atoms with Crippen molar-refractivity contribution in [1.82, 2.24) is 0 Å². The number of rotatable bonds is 8. The van der Waals surface area contributed by atoms with Crippen molar-refractivity contribution in [3.05, 3.63) is 68.3 Å². The number of nitro benzene ring substituents is 2. The highest BCUT2D eigenvalue weighted by Crippen LogP contribution is 2.37. The molecule has 10 nitrogen and oxygen atoms in total. The van der Waals surface area contributed by atoms with Crippen molar-refractivity contribution in [2.75, 3.05) is 11.4 Å². The van der Waals surface area contributed by atoms with Crippen molar-refractivity contribution in [3.8, 4) is 0 Å². The Morgan fingerprint density at radius 2 is 1.56 bits per heavy atom. The zero-order valence-electron chi connectivity index (χ0n) is 18.9. The van der Waals surface area contributed by atoms with Crippen molar-refractivity contribution < 1.29 is 22.7 Å². The van der Waals surface area contributed by atoms with Crippen LogP contribution < -0.4 is 4.31 Å². The summed E-state index contributed by atoms with van der Waals surface area (Å²) in [6.07, 6.45) is 0. The van der Waals surface area contributed by atoms with E-state index in [1.54, 1.807) is 24.3 Å². The zero-order valence-corrected chi connectivity index (χ0v) is 20.7. The summed E-state index contributed by atoms with van der Waals surface area (Å²) in [4.78, 5) is 19.9. The average Bonchev–Trinajstić information content (AvgIpc) is 2.70. The normalized spacial score (nSPS) is 12.4. The Labute approximate surface area is 188 Å². The minimum atomic E-state index is -4.33. The zero-order chi connectivity index (χ0) is 24.5. The number of hydrogen-bond acceptors (Lipinski definition) is 7. The molecule has 0 aliphatic carbocycles. The molecule has 174 valence electrons. The van der Waals surface area contributed by atoms with Gasteiger partial charge in [-0.3, -0.25) is 24.5 Å². The molecule has 0 saturated heterocycles. The SMILES string of the molecule is CN(c1ccc(CO[Si](C)(C)C(C)(C)C)cc1)S(=O)(=O)c1ccc([N+](=O)[O-])cc1[N+](=O)[O-]. The molecule has 0 fully saturated rings. The second-order valence-corrected chi connectivity index (χ2v) is 15.6. The van der Waals surface area contributed by atoms with Crippen LogP contribution in [0, 0.1) is 20.2 Å². The molecule has 32 heavy (non-hydrogen) atoms.